The summed E-state index contributed by atoms with van der Waals surface area (Å²) in [5, 5.41) is 6.73. The Bertz CT molecular complexity index is 502. The number of nitrogens with zero attached hydrogens (tertiary/aromatic N) is 2. The summed E-state index contributed by atoms with van der Waals surface area (Å²) in [7, 11) is 3.21. The maximum absolute atomic E-state index is 11.8. The molecule has 0 aliphatic heterocycles. The molecule has 0 fully saturated rings. The van der Waals surface area contributed by atoms with Gasteiger partial charge in [-0.3, -0.25) is 9.48 Å². The fourth-order valence-corrected chi connectivity index (χ4v) is 1.45. The number of aromatic nitrogens is 2. The maximum Gasteiger partial charge on any atom is 0.258 e. The van der Waals surface area contributed by atoms with Gasteiger partial charge in [-0.05, 0) is 12.1 Å². The van der Waals surface area contributed by atoms with Gasteiger partial charge in [0.2, 0.25) is 5.88 Å². The largest absolute Gasteiger partial charge is 0.479 e. The van der Waals surface area contributed by atoms with Crippen molar-refractivity contribution < 1.29 is 13.9 Å². The van der Waals surface area contributed by atoms with Crippen LogP contribution in [-0.2, 0) is 13.6 Å². The molecule has 2 aromatic heterocycles. The lowest BCUT2D eigenvalue weighted by atomic mass is 10.3. The Hall–Kier alpha value is -2.24. The molecule has 1 N–H and O–H groups in total. The van der Waals surface area contributed by atoms with Crippen LogP contribution in [0.4, 0.5) is 0 Å². The van der Waals surface area contributed by atoms with Crippen LogP contribution in [0.25, 0.3) is 0 Å². The normalized spacial score (nSPS) is 10.2. The molecule has 2 heterocycles. The molecule has 2 rings (SSSR count). The van der Waals surface area contributed by atoms with Gasteiger partial charge < -0.3 is 14.5 Å². The van der Waals surface area contributed by atoms with Crippen molar-refractivity contribution in [3.8, 4) is 5.88 Å². The van der Waals surface area contributed by atoms with Gasteiger partial charge >= 0.3 is 0 Å². The fraction of sp³-hybridized carbons (Fsp3) is 0.273. The number of ether oxygens (including phenoxy) is 1. The molecular weight excluding hydrogens is 222 g/mol. The highest BCUT2D eigenvalue weighted by atomic mass is 16.5. The van der Waals surface area contributed by atoms with Crippen molar-refractivity contribution in [1.82, 2.24) is 15.1 Å². The van der Waals surface area contributed by atoms with Gasteiger partial charge in [-0.1, -0.05) is 0 Å². The fourth-order valence-electron chi connectivity index (χ4n) is 1.45. The number of nitrogens with one attached hydrogen (secondary N) is 1. The molecule has 0 aliphatic carbocycles. The molecule has 0 aliphatic rings. The smallest absolute Gasteiger partial charge is 0.258 e. The van der Waals surface area contributed by atoms with Crippen molar-refractivity contribution in [3.63, 3.8) is 0 Å². The average Bonchev–Trinajstić information content (AvgIpc) is 2.94. The first-order valence-electron chi connectivity index (χ1n) is 5.09. The van der Waals surface area contributed by atoms with E-state index >= 15 is 0 Å². The summed E-state index contributed by atoms with van der Waals surface area (Å²) in [5.41, 5.74) is 0.404. The molecule has 0 spiro atoms. The van der Waals surface area contributed by atoms with Gasteiger partial charge in [-0.2, -0.15) is 0 Å². The van der Waals surface area contributed by atoms with E-state index in [1.807, 2.05) is 0 Å². The lowest BCUT2D eigenvalue weighted by Crippen LogP contribution is -2.22. The number of amides is 1. The molecule has 0 saturated heterocycles. The van der Waals surface area contributed by atoms with Crippen molar-refractivity contribution in [3.05, 3.63) is 35.9 Å². The van der Waals surface area contributed by atoms with E-state index in [4.69, 9.17) is 9.15 Å². The molecule has 0 bridgehead atoms. The Morgan fingerprint density at radius 3 is 3.12 bits per heavy atom. The summed E-state index contributed by atoms with van der Waals surface area (Å²) in [6.07, 6.45) is 3.17. The lowest BCUT2D eigenvalue weighted by Gasteiger charge is -2.02. The number of rotatable bonds is 4. The van der Waals surface area contributed by atoms with Crippen LogP contribution >= 0.6 is 0 Å². The van der Waals surface area contributed by atoms with Crippen LogP contribution in [0.2, 0.25) is 0 Å². The third kappa shape index (κ3) is 2.47. The monoisotopic (exact) mass is 235 g/mol. The molecule has 0 saturated carbocycles. The van der Waals surface area contributed by atoms with E-state index in [-0.39, 0.29) is 5.91 Å². The van der Waals surface area contributed by atoms with E-state index in [0.29, 0.717) is 23.7 Å². The number of carbonyl (C=O) groups excluding carboxylic acids is 1. The first-order valence-corrected chi connectivity index (χ1v) is 5.09. The first kappa shape index (κ1) is 11.3. The standard InChI is InChI=1S/C11H13N3O3/c1-14-7-9(11(13-14)16-2)10(15)12-6-8-4-3-5-17-8/h3-5,7H,6H2,1-2H3,(H,12,15). The summed E-state index contributed by atoms with van der Waals surface area (Å²) in [6.45, 7) is 0.337. The van der Waals surface area contributed by atoms with Crippen molar-refractivity contribution in [2.45, 2.75) is 6.54 Å². The van der Waals surface area contributed by atoms with Gasteiger partial charge in [0.25, 0.3) is 5.91 Å². The van der Waals surface area contributed by atoms with Crippen molar-refractivity contribution in [2.24, 2.45) is 7.05 Å². The first-order chi connectivity index (χ1) is 8.20. The lowest BCUT2D eigenvalue weighted by molar-refractivity contribution is 0.0945. The zero-order valence-corrected chi connectivity index (χ0v) is 9.64. The highest BCUT2D eigenvalue weighted by molar-refractivity contribution is 5.96. The summed E-state index contributed by atoms with van der Waals surface area (Å²) < 4.78 is 11.7. The van der Waals surface area contributed by atoms with Crippen LogP contribution in [0.5, 0.6) is 5.88 Å². The van der Waals surface area contributed by atoms with E-state index in [1.54, 1.807) is 31.6 Å². The Balaban J connectivity index is 2.04. The number of methoxy groups -OCH3 is 1. The second-order valence-corrected chi connectivity index (χ2v) is 3.49. The van der Waals surface area contributed by atoms with E-state index < -0.39 is 0 Å². The third-order valence-corrected chi connectivity index (χ3v) is 2.24. The minimum atomic E-state index is -0.244. The third-order valence-electron chi connectivity index (χ3n) is 2.24. The van der Waals surface area contributed by atoms with E-state index in [0.717, 1.165) is 0 Å². The SMILES string of the molecule is COc1nn(C)cc1C(=O)NCc1ccco1. The molecule has 6 nitrogen and oxygen atoms in total. The van der Waals surface area contributed by atoms with Gasteiger partial charge in [0.15, 0.2) is 0 Å². The van der Waals surface area contributed by atoms with Crippen LogP contribution in [0.1, 0.15) is 16.1 Å². The Labute approximate surface area is 98.2 Å². The number of hydrogen-bond donors (Lipinski definition) is 1. The molecule has 1 amide bonds. The molecule has 90 valence electrons. The molecule has 2 aromatic rings. The van der Waals surface area contributed by atoms with Gasteiger partial charge in [0.05, 0.1) is 19.9 Å². The van der Waals surface area contributed by atoms with Crippen LogP contribution in [0, 0.1) is 0 Å². The summed E-state index contributed by atoms with van der Waals surface area (Å²) in [4.78, 5) is 11.8. The number of furan rings is 1. The van der Waals surface area contributed by atoms with E-state index in [1.165, 1.54) is 11.8 Å². The second kappa shape index (κ2) is 4.73. The molecule has 0 unspecified atom stereocenters. The van der Waals surface area contributed by atoms with Crippen LogP contribution < -0.4 is 10.1 Å². The summed E-state index contributed by atoms with van der Waals surface area (Å²) in [5.74, 6) is 0.761. The summed E-state index contributed by atoms with van der Waals surface area (Å²) in [6, 6.07) is 3.56. The minimum Gasteiger partial charge on any atom is -0.479 e. The van der Waals surface area contributed by atoms with Crippen LogP contribution in [0.15, 0.2) is 29.0 Å². The van der Waals surface area contributed by atoms with Crippen LogP contribution in [0.3, 0.4) is 0 Å². The number of carbonyl (C=O) groups is 1. The molecule has 0 radical (unpaired) electrons. The Morgan fingerprint density at radius 2 is 2.47 bits per heavy atom. The van der Waals surface area contributed by atoms with Crippen molar-refractivity contribution >= 4 is 5.91 Å². The quantitative estimate of drug-likeness (QED) is 0.856. The molecular formula is C11H13N3O3. The summed E-state index contributed by atoms with van der Waals surface area (Å²) >= 11 is 0. The highest BCUT2D eigenvalue weighted by Crippen LogP contribution is 2.14. The Kier molecular flexibility index (Phi) is 3.13. The van der Waals surface area contributed by atoms with Crippen LogP contribution in [-0.4, -0.2) is 22.8 Å². The zero-order valence-electron chi connectivity index (χ0n) is 9.64. The van der Waals surface area contributed by atoms with Gasteiger partial charge in [-0.25, -0.2) is 0 Å². The average molecular weight is 235 g/mol. The molecule has 0 aromatic carbocycles. The highest BCUT2D eigenvalue weighted by Gasteiger charge is 2.16. The topological polar surface area (TPSA) is 69.3 Å². The van der Waals surface area contributed by atoms with Gasteiger partial charge in [0.1, 0.15) is 11.3 Å². The number of aryl methyl sites for hydroxylation is 1. The molecule has 0 atom stereocenters. The van der Waals surface area contributed by atoms with Crippen molar-refractivity contribution in [2.75, 3.05) is 7.11 Å². The van der Waals surface area contributed by atoms with E-state index in [9.17, 15) is 4.79 Å². The Morgan fingerprint density at radius 1 is 1.65 bits per heavy atom. The maximum atomic E-state index is 11.8. The predicted octanol–water partition coefficient (Wildman–Crippen LogP) is 0.952. The number of hydrogen-bond acceptors (Lipinski definition) is 4. The van der Waals surface area contributed by atoms with E-state index in [2.05, 4.69) is 10.4 Å². The predicted molar refractivity (Wildman–Crippen MR) is 59.6 cm³/mol. The molecule has 17 heavy (non-hydrogen) atoms. The van der Waals surface area contributed by atoms with Gasteiger partial charge in [0, 0.05) is 13.2 Å². The van der Waals surface area contributed by atoms with Gasteiger partial charge in [-0.15, -0.1) is 5.10 Å². The minimum absolute atomic E-state index is 0.244. The zero-order chi connectivity index (χ0) is 12.3. The second-order valence-electron chi connectivity index (χ2n) is 3.49. The van der Waals surface area contributed by atoms with Crippen molar-refractivity contribution in [1.29, 1.82) is 0 Å². The molecule has 6 heteroatoms.